The highest BCUT2D eigenvalue weighted by atomic mass is 16.6. The van der Waals surface area contributed by atoms with Crippen molar-refractivity contribution in [2.24, 2.45) is 0 Å². The van der Waals surface area contributed by atoms with Gasteiger partial charge in [0.05, 0.1) is 6.61 Å². The fourth-order valence-corrected chi connectivity index (χ4v) is 2.35. The number of hydrogen-bond donors (Lipinski definition) is 0. The van der Waals surface area contributed by atoms with Crippen molar-refractivity contribution in [1.82, 2.24) is 0 Å². The second-order valence-corrected chi connectivity index (χ2v) is 5.29. The van der Waals surface area contributed by atoms with E-state index in [-0.39, 0.29) is 12.1 Å². The van der Waals surface area contributed by atoms with Gasteiger partial charge in [0, 0.05) is 5.57 Å². The summed E-state index contributed by atoms with van der Waals surface area (Å²) in [5, 5.41) is 0. The molecule has 1 saturated heterocycles. The molecule has 0 bridgehead atoms. The quantitative estimate of drug-likeness (QED) is 0.481. The normalized spacial score (nSPS) is 16.0. The number of carbonyl (C=O) groups is 1. The van der Waals surface area contributed by atoms with Crippen molar-refractivity contribution >= 4 is 11.5 Å². The molecule has 1 aliphatic heterocycles. The molecule has 1 heterocycles. The molecule has 2 aromatic rings. The number of hydrogen-bond acceptors (Lipinski definition) is 3. The smallest absolute Gasteiger partial charge is 0.334 e. The van der Waals surface area contributed by atoms with Crippen LogP contribution in [0.4, 0.5) is 0 Å². The summed E-state index contributed by atoms with van der Waals surface area (Å²) in [6.45, 7) is 2.82. The molecule has 0 aromatic heterocycles. The van der Waals surface area contributed by atoms with E-state index in [0.717, 1.165) is 16.7 Å². The third kappa shape index (κ3) is 3.43. The number of benzene rings is 2. The highest BCUT2D eigenvalue weighted by Crippen LogP contribution is 2.27. The summed E-state index contributed by atoms with van der Waals surface area (Å²) in [5.41, 5.74) is 3.53. The molecule has 1 atom stereocenters. The number of esters is 1. The molecule has 0 N–H and O–H groups in total. The lowest BCUT2D eigenvalue weighted by atomic mass is 9.93. The molecule has 0 radical (unpaired) electrons. The Bertz CT molecular complexity index is 629. The van der Waals surface area contributed by atoms with E-state index in [1.807, 2.05) is 67.6 Å². The lowest BCUT2D eigenvalue weighted by molar-refractivity contribution is -0.139. The monoisotopic (exact) mass is 294 g/mol. The Balaban J connectivity index is 1.96. The topological polar surface area (TPSA) is 38.8 Å². The molecule has 1 fully saturated rings. The number of epoxide rings is 1. The molecule has 2 aromatic carbocycles. The Morgan fingerprint density at radius 1 is 1.05 bits per heavy atom. The van der Waals surface area contributed by atoms with Crippen molar-refractivity contribution in [1.29, 1.82) is 0 Å². The molecule has 112 valence electrons. The van der Waals surface area contributed by atoms with Gasteiger partial charge in [-0.3, -0.25) is 0 Å². The van der Waals surface area contributed by atoms with E-state index in [2.05, 4.69) is 0 Å². The van der Waals surface area contributed by atoms with Gasteiger partial charge in [0.2, 0.25) is 0 Å². The average molecular weight is 294 g/mol. The zero-order valence-electron chi connectivity index (χ0n) is 12.5. The van der Waals surface area contributed by atoms with Gasteiger partial charge in [0.25, 0.3) is 0 Å². The lowest BCUT2D eigenvalue weighted by Crippen LogP contribution is -2.12. The summed E-state index contributed by atoms with van der Waals surface area (Å²) in [7, 11) is 0. The van der Waals surface area contributed by atoms with Gasteiger partial charge in [-0.2, -0.15) is 0 Å². The largest absolute Gasteiger partial charge is 0.459 e. The second-order valence-electron chi connectivity index (χ2n) is 5.29. The average Bonchev–Trinajstić information content (AvgIpc) is 3.39. The Kier molecular flexibility index (Phi) is 4.35. The van der Waals surface area contributed by atoms with Gasteiger partial charge in [-0.25, -0.2) is 4.79 Å². The Labute approximate surface area is 130 Å². The van der Waals surface area contributed by atoms with Crippen molar-refractivity contribution in [3.05, 3.63) is 77.4 Å². The summed E-state index contributed by atoms with van der Waals surface area (Å²) in [5.74, 6) is -0.293. The molecule has 22 heavy (non-hydrogen) atoms. The van der Waals surface area contributed by atoms with Gasteiger partial charge < -0.3 is 9.47 Å². The van der Waals surface area contributed by atoms with Crippen LogP contribution in [-0.2, 0) is 14.3 Å². The molecule has 3 nitrogen and oxygen atoms in total. The minimum absolute atomic E-state index is 0.0775. The highest BCUT2D eigenvalue weighted by Gasteiger charge is 2.25. The van der Waals surface area contributed by atoms with Crippen LogP contribution in [0.2, 0.25) is 0 Å². The van der Waals surface area contributed by atoms with Crippen molar-refractivity contribution in [3.63, 3.8) is 0 Å². The number of rotatable bonds is 5. The van der Waals surface area contributed by atoms with Crippen LogP contribution in [0.15, 0.2) is 66.2 Å². The van der Waals surface area contributed by atoms with E-state index < -0.39 is 0 Å². The van der Waals surface area contributed by atoms with Crippen LogP contribution in [-0.4, -0.2) is 25.3 Å². The maximum Gasteiger partial charge on any atom is 0.334 e. The van der Waals surface area contributed by atoms with E-state index in [9.17, 15) is 4.79 Å². The van der Waals surface area contributed by atoms with E-state index in [1.165, 1.54) is 0 Å². The summed E-state index contributed by atoms with van der Waals surface area (Å²) in [6, 6.07) is 19.8. The van der Waals surface area contributed by atoms with E-state index in [1.54, 1.807) is 0 Å². The van der Waals surface area contributed by atoms with E-state index >= 15 is 0 Å². The molecule has 0 amide bonds. The SMILES string of the molecule is CC(C(=O)OCC1CO1)=C(c1ccccc1)c1ccccc1. The minimum atomic E-state index is -0.293. The Morgan fingerprint density at radius 3 is 2.00 bits per heavy atom. The molecular formula is C19H18O3. The predicted molar refractivity (Wildman–Crippen MR) is 85.3 cm³/mol. The molecule has 1 unspecified atom stereocenters. The first-order valence-electron chi connectivity index (χ1n) is 7.36. The first-order chi connectivity index (χ1) is 10.8. The van der Waals surface area contributed by atoms with Crippen LogP contribution in [0.3, 0.4) is 0 Å². The highest BCUT2D eigenvalue weighted by molar-refractivity contribution is 6.01. The fraction of sp³-hybridized carbons (Fsp3) is 0.211. The molecule has 0 spiro atoms. The summed E-state index contributed by atoms with van der Waals surface area (Å²) in [6.07, 6.45) is 0.0775. The fourth-order valence-electron chi connectivity index (χ4n) is 2.35. The standard InChI is InChI=1S/C19H18O3/c1-14(19(20)22-13-17-12-21-17)18(15-8-4-2-5-9-15)16-10-6-3-7-11-16/h2-11,17H,12-13H2,1H3. The maximum atomic E-state index is 12.3. The zero-order valence-corrected chi connectivity index (χ0v) is 12.5. The third-order valence-corrected chi connectivity index (χ3v) is 3.61. The van der Waals surface area contributed by atoms with Crippen LogP contribution < -0.4 is 0 Å². The van der Waals surface area contributed by atoms with Crippen molar-refractivity contribution in [3.8, 4) is 0 Å². The van der Waals surface area contributed by atoms with Crippen molar-refractivity contribution in [2.75, 3.05) is 13.2 Å². The lowest BCUT2D eigenvalue weighted by Gasteiger charge is -2.13. The van der Waals surface area contributed by atoms with Gasteiger partial charge in [-0.15, -0.1) is 0 Å². The number of carbonyl (C=O) groups excluding carboxylic acids is 1. The van der Waals surface area contributed by atoms with Crippen LogP contribution in [0.25, 0.3) is 5.57 Å². The van der Waals surface area contributed by atoms with Gasteiger partial charge in [0.1, 0.15) is 12.7 Å². The molecule has 0 aliphatic carbocycles. The summed E-state index contributed by atoms with van der Waals surface area (Å²) < 4.78 is 10.4. The predicted octanol–water partition coefficient (Wildman–Crippen LogP) is 3.45. The molecule has 1 aliphatic rings. The number of ether oxygens (including phenoxy) is 2. The van der Waals surface area contributed by atoms with Gasteiger partial charge in [-0.1, -0.05) is 60.7 Å². The van der Waals surface area contributed by atoms with Crippen molar-refractivity contribution in [2.45, 2.75) is 13.0 Å². The minimum Gasteiger partial charge on any atom is -0.459 e. The first-order valence-corrected chi connectivity index (χ1v) is 7.36. The van der Waals surface area contributed by atoms with Crippen LogP contribution in [0.5, 0.6) is 0 Å². The van der Waals surface area contributed by atoms with Crippen LogP contribution in [0.1, 0.15) is 18.1 Å². The van der Waals surface area contributed by atoms with Gasteiger partial charge in [-0.05, 0) is 23.6 Å². The second kappa shape index (κ2) is 6.58. The summed E-state index contributed by atoms with van der Waals surface area (Å²) in [4.78, 5) is 12.3. The van der Waals surface area contributed by atoms with E-state index in [0.29, 0.717) is 18.8 Å². The maximum absolute atomic E-state index is 12.3. The Hall–Kier alpha value is -2.39. The molecular weight excluding hydrogens is 276 g/mol. The van der Waals surface area contributed by atoms with Crippen LogP contribution >= 0.6 is 0 Å². The third-order valence-electron chi connectivity index (χ3n) is 3.61. The molecule has 3 rings (SSSR count). The Morgan fingerprint density at radius 2 is 1.55 bits per heavy atom. The van der Waals surface area contributed by atoms with Gasteiger partial charge >= 0.3 is 5.97 Å². The van der Waals surface area contributed by atoms with E-state index in [4.69, 9.17) is 9.47 Å². The first kappa shape index (κ1) is 14.5. The van der Waals surface area contributed by atoms with Crippen LogP contribution in [0, 0.1) is 0 Å². The van der Waals surface area contributed by atoms with Crippen molar-refractivity contribution < 1.29 is 14.3 Å². The van der Waals surface area contributed by atoms with Gasteiger partial charge in [0.15, 0.2) is 0 Å². The zero-order chi connectivity index (χ0) is 15.4. The summed E-state index contributed by atoms with van der Waals surface area (Å²) >= 11 is 0. The molecule has 0 saturated carbocycles. The molecule has 3 heteroatoms.